The van der Waals surface area contributed by atoms with E-state index >= 15 is 0 Å². The number of carbonyl (C=O) groups is 1. The highest BCUT2D eigenvalue weighted by molar-refractivity contribution is 7.89. The SMILES string of the molecule is CCC[C@H](C)NC(=O)c1ccc(Cl)c(S(=O)(=O)N2CCCC2)c1. The zero-order valence-electron chi connectivity index (χ0n) is 13.5. The summed E-state index contributed by atoms with van der Waals surface area (Å²) in [6.45, 7) is 4.98. The molecule has 1 heterocycles. The van der Waals surface area contributed by atoms with Crippen molar-refractivity contribution in [1.29, 1.82) is 0 Å². The van der Waals surface area contributed by atoms with E-state index in [0.717, 1.165) is 25.7 Å². The smallest absolute Gasteiger partial charge is 0.251 e. The molecule has 1 fully saturated rings. The van der Waals surface area contributed by atoms with E-state index in [2.05, 4.69) is 5.32 Å². The van der Waals surface area contributed by atoms with Crippen LogP contribution >= 0.6 is 11.6 Å². The number of sulfonamides is 1. The van der Waals surface area contributed by atoms with E-state index in [0.29, 0.717) is 18.7 Å². The zero-order chi connectivity index (χ0) is 17.0. The molecule has 1 aliphatic heterocycles. The Morgan fingerprint density at radius 2 is 2.00 bits per heavy atom. The lowest BCUT2D eigenvalue weighted by molar-refractivity contribution is 0.0938. The van der Waals surface area contributed by atoms with Crippen LogP contribution in [-0.2, 0) is 10.0 Å². The molecular formula is C16H23ClN2O3S. The van der Waals surface area contributed by atoms with Gasteiger partial charge in [0.1, 0.15) is 4.90 Å². The molecule has 0 bridgehead atoms. The summed E-state index contributed by atoms with van der Waals surface area (Å²) in [5, 5.41) is 3.02. The van der Waals surface area contributed by atoms with Crippen molar-refractivity contribution in [3.63, 3.8) is 0 Å². The Balaban J connectivity index is 2.27. The molecule has 1 amide bonds. The maximum atomic E-state index is 12.7. The molecule has 0 saturated carbocycles. The molecule has 23 heavy (non-hydrogen) atoms. The molecule has 0 radical (unpaired) electrons. The summed E-state index contributed by atoms with van der Waals surface area (Å²) in [5.74, 6) is -0.277. The second kappa shape index (κ2) is 7.64. The van der Waals surface area contributed by atoms with Crippen LogP contribution in [-0.4, -0.2) is 37.8 Å². The first-order valence-electron chi connectivity index (χ1n) is 7.97. The first-order valence-corrected chi connectivity index (χ1v) is 9.78. The van der Waals surface area contributed by atoms with Gasteiger partial charge in [0.25, 0.3) is 5.91 Å². The minimum atomic E-state index is -3.64. The number of hydrogen-bond donors (Lipinski definition) is 1. The van der Waals surface area contributed by atoms with Crippen molar-refractivity contribution in [3.05, 3.63) is 28.8 Å². The van der Waals surface area contributed by atoms with E-state index in [9.17, 15) is 13.2 Å². The molecule has 1 atom stereocenters. The second-order valence-electron chi connectivity index (χ2n) is 5.92. The number of carbonyl (C=O) groups excluding carboxylic acids is 1. The molecule has 2 rings (SSSR count). The average Bonchev–Trinajstić information content (AvgIpc) is 3.02. The Morgan fingerprint density at radius 1 is 1.35 bits per heavy atom. The van der Waals surface area contributed by atoms with Crippen molar-refractivity contribution in [3.8, 4) is 0 Å². The third-order valence-electron chi connectivity index (χ3n) is 3.98. The molecular weight excluding hydrogens is 336 g/mol. The fourth-order valence-electron chi connectivity index (χ4n) is 2.72. The van der Waals surface area contributed by atoms with Crippen LogP contribution in [0.15, 0.2) is 23.1 Å². The van der Waals surface area contributed by atoms with Gasteiger partial charge in [0, 0.05) is 24.7 Å². The highest BCUT2D eigenvalue weighted by atomic mass is 35.5. The molecule has 0 unspecified atom stereocenters. The fourth-order valence-corrected chi connectivity index (χ4v) is 4.74. The van der Waals surface area contributed by atoms with E-state index in [1.807, 2.05) is 13.8 Å². The summed E-state index contributed by atoms with van der Waals surface area (Å²) in [7, 11) is -3.64. The maximum Gasteiger partial charge on any atom is 0.251 e. The zero-order valence-corrected chi connectivity index (χ0v) is 15.1. The van der Waals surface area contributed by atoms with Crippen LogP contribution in [0.5, 0.6) is 0 Å². The van der Waals surface area contributed by atoms with Gasteiger partial charge < -0.3 is 5.32 Å². The summed E-state index contributed by atoms with van der Waals surface area (Å²) >= 11 is 6.08. The Kier molecular flexibility index (Phi) is 6.06. The normalized spacial score (nSPS) is 17.2. The first-order chi connectivity index (χ1) is 10.9. The molecule has 5 nitrogen and oxygen atoms in total. The van der Waals surface area contributed by atoms with Crippen molar-refractivity contribution in [1.82, 2.24) is 9.62 Å². The Morgan fingerprint density at radius 3 is 2.61 bits per heavy atom. The molecule has 1 N–H and O–H groups in total. The Bertz CT molecular complexity index is 670. The van der Waals surface area contributed by atoms with Crippen molar-refractivity contribution >= 4 is 27.5 Å². The molecule has 0 spiro atoms. The van der Waals surface area contributed by atoms with E-state index in [4.69, 9.17) is 11.6 Å². The Hall–Kier alpha value is -1.11. The van der Waals surface area contributed by atoms with Gasteiger partial charge in [0.05, 0.1) is 5.02 Å². The van der Waals surface area contributed by atoms with Crippen LogP contribution in [0, 0.1) is 0 Å². The first kappa shape index (κ1) is 18.2. The molecule has 7 heteroatoms. The molecule has 128 valence electrons. The third-order valence-corrected chi connectivity index (χ3v) is 6.36. The third kappa shape index (κ3) is 4.25. The molecule has 0 aromatic heterocycles. The molecule has 0 aliphatic carbocycles. The molecule has 1 aromatic carbocycles. The number of benzene rings is 1. The number of amides is 1. The summed E-state index contributed by atoms with van der Waals surface area (Å²) in [5.41, 5.74) is 0.315. The van der Waals surface area contributed by atoms with Gasteiger partial charge in [-0.25, -0.2) is 8.42 Å². The predicted octanol–water partition coefficient (Wildman–Crippen LogP) is 3.04. The Labute approximate surface area is 143 Å². The van der Waals surface area contributed by atoms with Crippen LogP contribution in [0.2, 0.25) is 5.02 Å². The van der Waals surface area contributed by atoms with E-state index in [1.165, 1.54) is 16.4 Å². The largest absolute Gasteiger partial charge is 0.350 e. The van der Waals surface area contributed by atoms with Crippen molar-refractivity contribution < 1.29 is 13.2 Å². The lowest BCUT2D eigenvalue weighted by Crippen LogP contribution is -2.33. The molecule has 1 aromatic rings. The predicted molar refractivity (Wildman–Crippen MR) is 91.3 cm³/mol. The van der Waals surface area contributed by atoms with Crippen LogP contribution in [0.4, 0.5) is 0 Å². The van der Waals surface area contributed by atoms with Gasteiger partial charge >= 0.3 is 0 Å². The average molecular weight is 359 g/mol. The minimum absolute atomic E-state index is 0.0110. The lowest BCUT2D eigenvalue weighted by atomic mass is 10.1. The molecule has 1 aliphatic rings. The van der Waals surface area contributed by atoms with Crippen LogP contribution < -0.4 is 5.32 Å². The molecule has 1 saturated heterocycles. The standard InChI is InChI=1S/C16H23ClN2O3S/c1-3-6-12(2)18-16(20)13-7-8-14(17)15(11-13)23(21,22)19-9-4-5-10-19/h7-8,11-12H,3-6,9-10H2,1-2H3,(H,18,20)/t12-/m0/s1. The maximum absolute atomic E-state index is 12.7. The van der Waals surface area contributed by atoms with Crippen molar-refractivity contribution in [2.75, 3.05) is 13.1 Å². The number of halogens is 1. The fraction of sp³-hybridized carbons (Fsp3) is 0.562. The quantitative estimate of drug-likeness (QED) is 0.849. The number of nitrogens with zero attached hydrogens (tertiary/aromatic N) is 1. The van der Waals surface area contributed by atoms with Gasteiger partial charge in [-0.05, 0) is 44.4 Å². The summed E-state index contributed by atoms with van der Waals surface area (Å²) < 4.78 is 26.8. The van der Waals surface area contributed by atoms with Gasteiger partial charge in [0.2, 0.25) is 10.0 Å². The number of nitrogens with one attached hydrogen (secondary N) is 1. The van der Waals surface area contributed by atoms with E-state index in [-0.39, 0.29) is 21.9 Å². The number of rotatable bonds is 6. The summed E-state index contributed by atoms with van der Waals surface area (Å²) in [6, 6.07) is 4.45. The number of hydrogen-bond acceptors (Lipinski definition) is 3. The van der Waals surface area contributed by atoms with Crippen LogP contribution in [0.3, 0.4) is 0 Å². The van der Waals surface area contributed by atoms with Crippen LogP contribution in [0.25, 0.3) is 0 Å². The highest BCUT2D eigenvalue weighted by Gasteiger charge is 2.29. The van der Waals surface area contributed by atoms with E-state index < -0.39 is 10.0 Å². The minimum Gasteiger partial charge on any atom is -0.350 e. The lowest BCUT2D eigenvalue weighted by Gasteiger charge is -2.18. The monoisotopic (exact) mass is 358 g/mol. The second-order valence-corrected chi connectivity index (χ2v) is 8.23. The topological polar surface area (TPSA) is 66.5 Å². The van der Waals surface area contributed by atoms with Crippen molar-refractivity contribution in [2.24, 2.45) is 0 Å². The van der Waals surface area contributed by atoms with Gasteiger partial charge in [-0.2, -0.15) is 4.31 Å². The van der Waals surface area contributed by atoms with Gasteiger partial charge in [0.15, 0.2) is 0 Å². The van der Waals surface area contributed by atoms with Gasteiger partial charge in [-0.3, -0.25) is 4.79 Å². The van der Waals surface area contributed by atoms with E-state index in [1.54, 1.807) is 6.07 Å². The van der Waals surface area contributed by atoms with Gasteiger partial charge in [-0.15, -0.1) is 0 Å². The van der Waals surface area contributed by atoms with Crippen LogP contribution in [0.1, 0.15) is 49.9 Å². The van der Waals surface area contributed by atoms with Gasteiger partial charge in [-0.1, -0.05) is 24.9 Å². The van der Waals surface area contributed by atoms with Crippen molar-refractivity contribution in [2.45, 2.75) is 50.5 Å². The summed E-state index contributed by atoms with van der Waals surface area (Å²) in [6.07, 6.45) is 3.55. The summed E-state index contributed by atoms with van der Waals surface area (Å²) in [4.78, 5) is 12.3. The highest BCUT2D eigenvalue weighted by Crippen LogP contribution is 2.28.